The zero-order chi connectivity index (χ0) is 18.4. The van der Waals surface area contributed by atoms with Crippen LogP contribution in [0.4, 0.5) is 18.9 Å². The second-order valence-corrected chi connectivity index (χ2v) is 5.97. The quantitative estimate of drug-likeness (QED) is 0.789. The smallest absolute Gasteiger partial charge is 0.334 e. The van der Waals surface area contributed by atoms with Crippen molar-refractivity contribution in [2.45, 2.75) is 32.4 Å². The lowest BCUT2D eigenvalue weighted by atomic mass is 10.0. The van der Waals surface area contributed by atoms with Crippen molar-refractivity contribution in [1.29, 1.82) is 0 Å². The van der Waals surface area contributed by atoms with Gasteiger partial charge in [0.15, 0.2) is 0 Å². The zero-order valence-electron chi connectivity index (χ0n) is 14.0. The number of nitrogens with one attached hydrogen (secondary N) is 1. The minimum Gasteiger partial charge on any atom is -0.334 e. The molecule has 1 atom stereocenters. The fraction of sp³-hybridized carbons (Fsp3) is 0.444. The van der Waals surface area contributed by atoms with E-state index < -0.39 is 17.6 Å². The Kier molecular flexibility index (Phi) is 6.22. The lowest BCUT2D eigenvalue weighted by Gasteiger charge is -2.22. The van der Waals surface area contributed by atoms with Gasteiger partial charge in [-0.05, 0) is 37.8 Å². The number of carbonyl (C=O) groups is 2. The van der Waals surface area contributed by atoms with E-state index in [1.165, 1.54) is 23.1 Å². The fourth-order valence-corrected chi connectivity index (χ4v) is 2.80. The number of nitrogens with zero attached hydrogens (tertiary/aromatic N) is 1. The second kappa shape index (κ2) is 8.18. The van der Waals surface area contributed by atoms with Gasteiger partial charge in [-0.2, -0.15) is 13.2 Å². The van der Waals surface area contributed by atoms with Gasteiger partial charge in [0, 0.05) is 13.0 Å². The zero-order valence-corrected chi connectivity index (χ0v) is 14.0. The molecule has 0 aromatic heterocycles. The SMILES string of the molecule is CCN(CC(=O)Nc1ccccc1C(F)(F)F)C(=O)CC1C=CCC1. The molecule has 1 aromatic carbocycles. The van der Waals surface area contributed by atoms with E-state index in [4.69, 9.17) is 0 Å². The molecule has 1 aliphatic carbocycles. The first-order valence-corrected chi connectivity index (χ1v) is 8.21. The number of alkyl halides is 3. The molecule has 4 nitrogen and oxygen atoms in total. The third-order valence-electron chi connectivity index (χ3n) is 4.12. The fourth-order valence-electron chi connectivity index (χ4n) is 2.80. The molecule has 0 spiro atoms. The highest BCUT2D eigenvalue weighted by Crippen LogP contribution is 2.34. The van der Waals surface area contributed by atoms with Crippen molar-refractivity contribution in [3.63, 3.8) is 0 Å². The summed E-state index contributed by atoms with van der Waals surface area (Å²) in [5.41, 5.74) is -1.21. The van der Waals surface area contributed by atoms with Gasteiger partial charge in [-0.3, -0.25) is 9.59 Å². The number of rotatable bonds is 6. The molecule has 0 heterocycles. The topological polar surface area (TPSA) is 49.4 Å². The number of amides is 2. The Morgan fingerprint density at radius 1 is 1.28 bits per heavy atom. The predicted molar refractivity (Wildman–Crippen MR) is 88.8 cm³/mol. The molecule has 2 rings (SSSR count). The van der Waals surface area contributed by atoms with Crippen LogP contribution in [0.25, 0.3) is 0 Å². The van der Waals surface area contributed by atoms with Crippen LogP contribution in [0.2, 0.25) is 0 Å². The molecule has 1 N–H and O–H groups in total. The van der Waals surface area contributed by atoms with Crippen LogP contribution >= 0.6 is 0 Å². The number of allylic oxidation sites excluding steroid dienone is 2. The number of anilines is 1. The number of hydrogen-bond acceptors (Lipinski definition) is 2. The molecule has 25 heavy (non-hydrogen) atoms. The number of para-hydroxylation sites is 1. The van der Waals surface area contributed by atoms with Crippen LogP contribution in [-0.2, 0) is 15.8 Å². The van der Waals surface area contributed by atoms with Gasteiger partial charge in [0.1, 0.15) is 0 Å². The predicted octanol–water partition coefficient (Wildman–Crippen LogP) is 3.85. The molecule has 136 valence electrons. The third kappa shape index (κ3) is 5.34. The highest BCUT2D eigenvalue weighted by atomic mass is 19.4. The lowest BCUT2D eigenvalue weighted by molar-refractivity contribution is -0.137. The molecular formula is C18H21F3N2O2. The van der Waals surface area contributed by atoms with Crippen molar-refractivity contribution in [1.82, 2.24) is 4.90 Å². The summed E-state index contributed by atoms with van der Waals surface area (Å²) in [6, 6.07) is 4.78. The summed E-state index contributed by atoms with van der Waals surface area (Å²) in [7, 11) is 0. The standard InChI is InChI=1S/C18H21F3N2O2/c1-2-23(17(25)11-13-7-3-4-8-13)12-16(24)22-15-10-6-5-9-14(15)18(19,20)21/h3,5-7,9-10,13H,2,4,8,11-12H2,1H3,(H,22,24). The number of carbonyl (C=O) groups excluding carboxylic acids is 2. The Balaban J connectivity index is 1.98. The van der Waals surface area contributed by atoms with Gasteiger partial charge in [0.25, 0.3) is 0 Å². The molecule has 1 aliphatic rings. The first-order chi connectivity index (χ1) is 11.8. The van der Waals surface area contributed by atoms with Gasteiger partial charge in [0.05, 0.1) is 17.8 Å². The number of hydrogen-bond donors (Lipinski definition) is 1. The van der Waals surface area contributed by atoms with E-state index in [1.807, 2.05) is 12.2 Å². The van der Waals surface area contributed by atoms with E-state index in [0.717, 1.165) is 18.9 Å². The van der Waals surface area contributed by atoms with E-state index in [-0.39, 0.29) is 24.1 Å². The van der Waals surface area contributed by atoms with Gasteiger partial charge in [0.2, 0.25) is 11.8 Å². The van der Waals surface area contributed by atoms with Gasteiger partial charge >= 0.3 is 6.18 Å². The molecule has 1 unspecified atom stereocenters. The van der Waals surface area contributed by atoms with E-state index in [0.29, 0.717) is 13.0 Å². The minimum atomic E-state index is -4.56. The largest absolute Gasteiger partial charge is 0.418 e. The normalized spacial score (nSPS) is 16.7. The first kappa shape index (κ1) is 19.0. The van der Waals surface area contributed by atoms with Crippen molar-refractivity contribution >= 4 is 17.5 Å². The van der Waals surface area contributed by atoms with Crippen molar-refractivity contribution in [3.8, 4) is 0 Å². The molecule has 0 saturated carbocycles. The van der Waals surface area contributed by atoms with Crippen molar-refractivity contribution in [3.05, 3.63) is 42.0 Å². The number of benzene rings is 1. The van der Waals surface area contributed by atoms with E-state index >= 15 is 0 Å². The molecule has 0 saturated heterocycles. The van der Waals surface area contributed by atoms with E-state index in [2.05, 4.69) is 5.32 Å². The Labute approximate surface area is 144 Å². The van der Waals surface area contributed by atoms with Crippen molar-refractivity contribution in [2.75, 3.05) is 18.4 Å². The van der Waals surface area contributed by atoms with Gasteiger partial charge < -0.3 is 10.2 Å². The maximum absolute atomic E-state index is 13.0. The van der Waals surface area contributed by atoms with E-state index in [9.17, 15) is 22.8 Å². The molecule has 0 bridgehead atoms. The number of likely N-dealkylation sites (N-methyl/N-ethyl adjacent to an activating group) is 1. The van der Waals surface area contributed by atoms with Crippen LogP contribution < -0.4 is 5.32 Å². The van der Waals surface area contributed by atoms with E-state index in [1.54, 1.807) is 6.92 Å². The van der Waals surface area contributed by atoms with Crippen LogP contribution in [0.1, 0.15) is 31.7 Å². The maximum Gasteiger partial charge on any atom is 0.418 e. The average Bonchev–Trinajstić information content (AvgIpc) is 3.05. The molecule has 7 heteroatoms. The summed E-state index contributed by atoms with van der Waals surface area (Å²) in [6.45, 7) is 1.79. The van der Waals surface area contributed by atoms with Crippen LogP contribution in [0.3, 0.4) is 0 Å². The highest BCUT2D eigenvalue weighted by Gasteiger charge is 2.33. The minimum absolute atomic E-state index is 0.168. The summed E-state index contributed by atoms with van der Waals surface area (Å²) in [4.78, 5) is 25.8. The molecule has 2 amide bonds. The van der Waals surface area contributed by atoms with Gasteiger partial charge in [-0.25, -0.2) is 0 Å². The summed E-state index contributed by atoms with van der Waals surface area (Å²) in [5.74, 6) is -0.636. The summed E-state index contributed by atoms with van der Waals surface area (Å²) in [6.07, 6.45) is 1.63. The lowest BCUT2D eigenvalue weighted by Crippen LogP contribution is -2.38. The Morgan fingerprint density at radius 2 is 2.00 bits per heavy atom. The molecule has 0 radical (unpaired) electrons. The summed E-state index contributed by atoms with van der Waals surface area (Å²) in [5, 5.41) is 2.26. The van der Waals surface area contributed by atoms with Crippen LogP contribution in [0.5, 0.6) is 0 Å². The molecular weight excluding hydrogens is 333 g/mol. The third-order valence-corrected chi connectivity index (χ3v) is 4.12. The van der Waals surface area contributed by atoms with Gasteiger partial charge in [-0.1, -0.05) is 24.3 Å². The number of halogens is 3. The van der Waals surface area contributed by atoms with Crippen LogP contribution in [0.15, 0.2) is 36.4 Å². The first-order valence-electron chi connectivity index (χ1n) is 8.21. The van der Waals surface area contributed by atoms with Crippen molar-refractivity contribution in [2.24, 2.45) is 5.92 Å². The summed E-state index contributed by atoms with van der Waals surface area (Å²) < 4.78 is 38.9. The Bertz CT molecular complexity index is 656. The average molecular weight is 354 g/mol. The highest BCUT2D eigenvalue weighted by molar-refractivity contribution is 5.95. The molecule has 1 aromatic rings. The van der Waals surface area contributed by atoms with Gasteiger partial charge in [-0.15, -0.1) is 0 Å². The van der Waals surface area contributed by atoms with Crippen LogP contribution in [-0.4, -0.2) is 29.8 Å². The molecule has 0 fully saturated rings. The molecule has 0 aliphatic heterocycles. The Morgan fingerprint density at radius 3 is 2.60 bits per heavy atom. The van der Waals surface area contributed by atoms with Crippen molar-refractivity contribution < 1.29 is 22.8 Å². The van der Waals surface area contributed by atoms with Crippen LogP contribution in [0, 0.1) is 5.92 Å². The Hall–Kier alpha value is -2.31. The second-order valence-electron chi connectivity index (χ2n) is 5.97. The maximum atomic E-state index is 13.0. The monoisotopic (exact) mass is 354 g/mol. The summed E-state index contributed by atoms with van der Waals surface area (Å²) >= 11 is 0.